The molecule has 45 heavy (non-hydrogen) atoms. The monoisotopic (exact) mass is 641 g/mol. The van der Waals surface area contributed by atoms with Crippen molar-refractivity contribution in [1.29, 1.82) is 0 Å². The molecule has 5 aliphatic rings. The molecule has 5 unspecified atom stereocenters. The minimum Gasteiger partial charge on any atom is -0.394 e. The third-order valence-corrected chi connectivity index (χ3v) is 11.3. The normalized spacial score (nSPS) is 36.2. The third kappa shape index (κ3) is 10.1. The van der Waals surface area contributed by atoms with Gasteiger partial charge >= 0.3 is 0 Å². The molecule has 10 nitrogen and oxygen atoms in total. The summed E-state index contributed by atoms with van der Waals surface area (Å²) in [7, 11) is 0. The molecule has 1 saturated heterocycles. The average molecular weight is 642 g/mol. The van der Waals surface area contributed by atoms with E-state index in [1.54, 1.807) is 0 Å². The van der Waals surface area contributed by atoms with E-state index < -0.39 is 61.0 Å². The van der Waals surface area contributed by atoms with E-state index in [1.807, 2.05) is 0 Å². The van der Waals surface area contributed by atoms with Gasteiger partial charge in [0, 0.05) is 5.41 Å². The summed E-state index contributed by atoms with van der Waals surface area (Å²) in [5, 5.41) is 65.6. The Labute approximate surface area is 270 Å². The Balaban J connectivity index is 1.27. The number of aliphatic hydroxyl groups excluding tert-OH is 6. The fraction of sp³-hybridized carbons (Fsp3) is 0.971. The molecule has 7 N–H and O–H groups in total. The molecule has 0 radical (unpaired) electrons. The molecule has 5 rings (SSSR count). The highest BCUT2D eigenvalue weighted by atomic mass is 16.7. The maximum Gasteiger partial charge on any atom is 0.226 e. The smallest absolute Gasteiger partial charge is 0.226 e. The molecule has 0 aromatic carbocycles. The van der Waals surface area contributed by atoms with Gasteiger partial charge in [-0.2, -0.15) is 0 Å². The number of hydrogen-bond acceptors (Lipinski definition) is 9. The van der Waals surface area contributed by atoms with Gasteiger partial charge in [0.25, 0.3) is 0 Å². The van der Waals surface area contributed by atoms with Crippen molar-refractivity contribution in [1.82, 2.24) is 5.32 Å². The number of unbranched alkanes of at least 4 members (excludes halogenated alkanes) is 11. The molecule has 1 amide bonds. The molecule has 5 fully saturated rings. The number of amides is 1. The van der Waals surface area contributed by atoms with Gasteiger partial charge in [-0.05, 0) is 62.7 Å². The molecule has 1 aliphatic heterocycles. The molecule has 4 bridgehead atoms. The van der Waals surface area contributed by atoms with E-state index in [4.69, 9.17) is 9.47 Å². The summed E-state index contributed by atoms with van der Waals surface area (Å²) in [6.07, 6.45) is 11.3. The summed E-state index contributed by atoms with van der Waals surface area (Å²) in [5.41, 5.74) is -0.462. The lowest BCUT2D eigenvalue weighted by atomic mass is 9.49. The van der Waals surface area contributed by atoms with Crippen LogP contribution in [0.25, 0.3) is 0 Å². The Bertz CT molecular complexity index is 837. The van der Waals surface area contributed by atoms with Crippen LogP contribution in [0.4, 0.5) is 0 Å². The lowest BCUT2D eigenvalue weighted by molar-refractivity contribution is -0.303. The van der Waals surface area contributed by atoms with E-state index in [0.717, 1.165) is 38.5 Å². The van der Waals surface area contributed by atoms with Crippen molar-refractivity contribution in [3.63, 3.8) is 0 Å². The zero-order chi connectivity index (χ0) is 32.4. The first-order valence-corrected chi connectivity index (χ1v) is 18.3. The molecule has 10 heteroatoms. The van der Waals surface area contributed by atoms with Crippen molar-refractivity contribution in [2.45, 2.75) is 178 Å². The molecular weight excluding hydrogens is 578 g/mol. The molecule has 0 spiro atoms. The number of carbonyl (C=O) groups is 1. The van der Waals surface area contributed by atoms with Gasteiger partial charge in [0.1, 0.15) is 30.5 Å². The van der Waals surface area contributed by atoms with Crippen LogP contribution < -0.4 is 5.32 Å². The van der Waals surface area contributed by atoms with Gasteiger partial charge in [-0.15, -0.1) is 0 Å². The predicted octanol–water partition coefficient (Wildman–Crippen LogP) is 3.32. The Morgan fingerprint density at radius 2 is 1.31 bits per heavy atom. The van der Waals surface area contributed by atoms with Gasteiger partial charge in [-0.25, -0.2) is 0 Å². The number of nitrogens with one attached hydrogen (secondary N) is 1. The summed E-state index contributed by atoms with van der Waals surface area (Å²) in [6.45, 7) is 1.37. The van der Waals surface area contributed by atoms with Crippen LogP contribution in [0.5, 0.6) is 0 Å². The van der Waals surface area contributed by atoms with Gasteiger partial charge in [0.05, 0.1) is 25.4 Å². The lowest BCUT2D eigenvalue weighted by Crippen LogP contribution is -2.61. The topological polar surface area (TPSA) is 169 Å². The molecular formula is C35H63NO9. The quantitative estimate of drug-likeness (QED) is 0.0930. The van der Waals surface area contributed by atoms with Crippen molar-refractivity contribution in [3.8, 4) is 0 Å². The number of aliphatic hydroxyl groups is 6. The Hall–Kier alpha value is -0.850. The van der Waals surface area contributed by atoms with E-state index in [2.05, 4.69) is 12.2 Å². The maximum absolute atomic E-state index is 13.9. The van der Waals surface area contributed by atoms with Crippen molar-refractivity contribution >= 4 is 5.91 Å². The first-order chi connectivity index (χ1) is 21.7. The summed E-state index contributed by atoms with van der Waals surface area (Å²) in [6, 6.07) is -0.967. The second-order valence-corrected chi connectivity index (χ2v) is 15.0. The molecule has 0 aromatic heterocycles. The maximum atomic E-state index is 13.9. The molecule has 1 heterocycles. The number of ether oxygens (including phenoxy) is 2. The van der Waals surface area contributed by atoms with E-state index in [-0.39, 0.29) is 12.5 Å². The van der Waals surface area contributed by atoms with E-state index in [1.165, 1.54) is 77.0 Å². The lowest BCUT2D eigenvalue weighted by Gasteiger charge is -2.56. The van der Waals surface area contributed by atoms with Gasteiger partial charge in [0.2, 0.25) is 5.91 Å². The minimum absolute atomic E-state index is 0.111. The number of hydrogen-bond donors (Lipinski definition) is 7. The van der Waals surface area contributed by atoms with E-state index >= 15 is 0 Å². The summed E-state index contributed by atoms with van der Waals surface area (Å²) >= 11 is 0. The zero-order valence-corrected chi connectivity index (χ0v) is 27.6. The van der Waals surface area contributed by atoms with Crippen LogP contribution in [0, 0.1) is 23.2 Å². The summed E-state index contributed by atoms with van der Waals surface area (Å²) in [4.78, 5) is 13.9. The van der Waals surface area contributed by atoms with Crippen molar-refractivity contribution in [2.75, 3.05) is 13.2 Å². The van der Waals surface area contributed by atoms with Gasteiger partial charge in [-0.1, -0.05) is 84.0 Å². The van der Waals surface area contributed by atoms with Gasteiger partial charge in [0.15, 0.2) is 6.29 Å². The Morgan fingerprint density at radius 3 is 1.82 bits per heavy atom. The highest BCUT2D eigenvalue weighted by Gasteiger charge is 2.55. The summed E-state index contributed by atoms with van der Waals surface area (Å²) in [5.74, 6) is 1.58. The van der Waals surface area contributed by atoms with Gasteiger partial charge in [-0.3, -0.25) is 4.79 Å². The molecule has 262 valence electrons. The zero-order valence-electron chi connectivity index (χ0n) is 27.6. The van der Waals surface area contributed by atoms with Crippen LogP contribution in [0.3, 0.4) is 0 Å². The highest BCUT2D eigenvalue weighted by molar-refractivity contribution is 5.83. The van der Waals surface area contributed by atoms with Crippen molar-refractivity contribution in [3.05, 3.63) is 0 Å². The van der Waals surface area contributed by atoms with Crippen LogP contribution in [-0.2, 0) is 14.3 Å². The molecule has 4 aliphatic carbocycles. The SMILES string of the molecule is CCCCCCCCCCCCCC[C@@H](O)[C@@H](O)[C@H](COC1OC(CO)C(O)C(O)C1O)NC(=O)C12CC3CC(CC(C3)C1)C2. The summed E-state index contributed by atoms with van der Waals surface area (Å²) < 4.78 is 11.3. The van der Waals surface area contributed by atoms with Crippen LogP contribution in [-0.4, -0.2) is 98.7 Å². The van der Waals surface area contributed by atoms with Crippen LogP contribution >= 0.6 is 0 Å². The third-order valence-electron chi connectivity index (χ3n) is 11.3. The number of carbonyl (C=O) groups excluding carboxylic acids is 1. The van der Waals surface area contributed by atoms with Crippen molar-refractivity contribution < 1.29 is 44.9 Å². The molecule has 4 saturated carbocycles. The highest BCUT2D eigenvalue weighted by Crippen LogP contribution is 2.60. The molecule has 8 atom stereocenters. The van der Waals surface area contributed by atoms with Crippen LogP contribution in [0.2, 0.25) is 0 Å². The second-order valence-electron chi connectivity index (χ2n) is 15.0. The fourth-order valence-electron chi connectivity index (χ4n) is 8.97. The van der Waals surface area contributed by atoms with Gasteiger partial charge < -0.3 is 45.4 Å². The average Bonchev–Trinajstić information content (AvgIpc) is 3.02. The van der Waals surface area contributed by atoms with Crippen molar-refractivity contribution in [2.24, 2.45) is 23.2 Å². The van der Waals surface area contributed by atoms with Crippen LogP contribution in [0.15, 0.2) is 0 Å². The predicted molar refractivity (Wildman–Crippen MR) is 170 cm³/mol. The fourth-order valence-corrected chi connectivity index (χ4v) is 8.97. The minimum atomic E-state index is -1.60. The largest absolute Gasteiger partial charge is 0.394 e. The first kappa shape index (κ1) is 37.0. The standard InChI is InChI=1S/C35H63NO9/c1-2-3-4-5-6-7-8-9-10-11-12-13-14-27(38)29(39)26(22-44-33-32(42)31(41)30(40)28(21-37)45-33)36-34(43)35-18-23-15-24(19-35)17-25(16-23)20-35/h23-33,37-42H,2-22H2,1H3,(H,36,43)/t23?,24?,25?,26-,27+,28?,29-,30?,31?,32?,33?,35?/m0/s1. The molecule has 0 aromatic rings. The Kier molecular flexibility index (Phi) is 14.8. The van der Waals surface area contributed by atoms with E-state index in [0.29, 0.717) is 24.2 Å². The van der Waals surface area contributed by atoms with Crippen LogP contribution in [0.1, 0.15) is 129 Å². The first-order valence-electron chi connectivity index (χ1n) is 18.3. The number of rotatable bonds is 21. The Morgan fingerprint density at radius 1 is 0.800 bits per heavy atom. The second kappa shape index (κ2) is 18.1. The van der Waals surface area contributed by atoms with E-state index in [9.17, 15) is 35.4 Å².